The Balaban J connectivity index is 2.14. The molecule has 132 valence electrons. The molecule has 2 fully saturated rings. The van der Waals surface area contributed by atoms with Crippen LogP contribution < -0.4 is 5.32 Å². The average Bonchev–Trinajstić information content (AvgIpc) is 3.10. The SMILES string of the molecule is CCNC(=NCC1(C(=O)N(C)C)CCCC1)N1CCC(C)(C)C1. The fourth-order valence-electron chi connectivity index (χ4n) is 3.91. The van der Waals surface area contributed by atoms with Gasteiger partial charge in [-0.1, -0.05) is 26.7 Å². The Hall–Kier alpha value is -1.26. The monoisotopic (exact) mass is 322 g/mol. The fourth-order valence-corrected chi connectivity index (χ4v) is 3.91. The molecule has 1 amide bonds. The predicted octanol–water partition coefficient (Wildman–Crippen LogP) is 2.33. The number of likely N-dealkylation sites (tertiary alicyclic amines) is 1. The zero-order valence-corrected chi connectivity index (χ0v) is 15.6. The van der Waals surface area contributed by atoms with E-state index in [9.17, 15) is 4.79 Å². The molecule has 2 aliphatic rings. The van der Waals surface area contributed by atoms with Crippen LogP contribution in [-0.2, 0) is 4.79 Å². The van der Waals surface area contributed by atoms with Crippen molar-refractivity contribution in [3.63, 3.8) is 0 Å². The third-order valence-corrected chi connectivity index (χ3v) is 5.26. The largest absolute Gasteiger partial charge is 0.357 e. The highest BCUT2D eigenvalue weighted by Gasteiger charge is 2.42. The molecule has 1 saturated heterocycles. The van der Waals surface area contributed by atoms with E-state index in [2.05, 4.69) is 31.0 Å². The van der Waals surface area contributed by atoms with E-state index >= 15 is 0 Å². The lowest BCUT2D eigenvalue weighted by molar-refractivity contribution is -0.138. The maximum Gasteiger partial charge on any atom is 0.230 e. The summed E-state index contributed by atoms with van der Waals surface area (Å²) in [6.45, 7) is 10.3. The summed E-state index contributed by atoms with van der Waals surface area (Å²) in [6.07, 6.45) is 5.42. The lowest BCUT2D eigenvalue weighted by Gasteiger charge is -2.30. The summed E-state index contributed by atoms with van der Waals surface area (Å²) >= 11 is 0. The van der Waals surface area contributed by atoms with Gasteiger partial charge in [-0.3, -0.25) is 9.79 Å². The molecule has 5 nitrogen and oxygen atoms in total. The molecule has 2 rings (SSSR count). The van der Waals surface area contributed by atoms with Crippen molar-refractivity contribution in [2.24, 2.45) is 15.8 Å². The number of rotatable bonds is 4. The molecule has 0 spiro atoms. The van der Waals surface area contributed by atoms with Gasteiger partial charge < -0.3 is 15.1 Å². The molecule has 0 aromatic rings. The van der Waals surface area contributed by atoms with Crippen LogP contribution in [0.2, 0.25) is 0 Å². The Morgan fingerprint density at radius 1 is 1.22 bits per heavy atom. The Bertz CT molecular complexity index is 450. The number of nitrogens with zero attached hydrogens (tertiary/aromatic N) is 3. The minimum absolute atomic E-state index is 0.247. The first kappa shape index (κ1) is 18.1. The number of hydrogen-bond acceptors (Lipinski definition) is 2. The Kier molecular flexibility index (Phi) is 5.58. The van der Waals surface area contributed by atoms with Crippen molar-refractivity contribution in [2.75, 3.05) is 40.3 Å². The van der Waals surface area contributed by atoms with Crippen molar-refractivity contribution >= 4 is 11.9 Å². The van der Waals surface area contributed by atoms with Crippen molar-refractivity contribution in [1.29, 1.82) is 0 Å². The second kappa shape index (κ2) is 7.10. The summed E-state index contributed by atoms with van der Waals surface area (Å²) in [5, 5.41) is 3.42. The molecule has 0 bridgehead atoms. The quantitative estimate of drug-likeness (QED) is 0.638. The molecule has 0 atom stereocenters. The van der Waals surface area contributed by atoms with Crippen molar-refractivity contribution in [2.45, 2.75) is 52.9 Å². The van der Waals surface area contributed by atoms with Crippen LogP contribution in [0.5, 0.6) is 0 Å². The van der Waals surface area contributed by atoms with E-state index in [1.54, 1.807) is 4.90 Å². The molecule has 1 aliphatic carbocycles. The third-order valence-electron chi connectivity index (χ3n) is 5.26. The number of carbonyl (C=O) groups excluding carboxylic acids is 1. The van der Waals surface area contributed by atoms with Gasteiger partial charge in [-0.15, -0.1) is 0 Å². The maximum absolute atomic E-state index is 12.7. The zero-order valence-electron chi connectivity index (χ0n) is 15.6. The lowest BCUT2D eigenvalue weighted by Crippen LogP contribution is -2.44. The molecule has 0 radical (unpaired) electrons. The van der Waals surface area contributed by atoms with Gasteiger partial charge in [0.25, 0.3) is 0 Å². The first-order chi connectivity index (χ1) is 10.8. The highest BCUT2D eigenvalue weighted by atomic mass is 16.2. The van der Waals surface area contributed by atoms with E-state index < -0.39 is 0 Å². The van der Waals surface area contributed by atoms with Gasteiger partial charge in [-0.25, -0.2) is 0 Å². The number of guanidine groups is 1. The third kappa shape index (κ3) is 4.18. The van der Waals surface area contributed by atoms with Crippen LogP contribution in [0.4, 0.5) is 0 Å². The van der Waals surface area contributed by atoms with Gasteiger partial charge in [0.2, 0.25) is 5.91 Å². The summed E-state index contributed by atoms with van der Waals surface area (Å²) in [5.74, 6) is 1.23. The van der Waals surface area contributed by atoms with E-state index in [1.807, 2.05) is 14.1 Å². The highest BCUT2D eigenvalue weighted by Crippen LogP contribution is 2.40. The standard InChI is InChI=1S/C18H34N4O/c1-6-19-16(22-12-11-17(2,3)14-22)20-13-18(9-7-8-10-18)15(23)21(4)5/h6-14H2,1-5H3,(H,19,20). The Labute approximate surface area is 141 Å². The Morgan fingerprint density at radius 3 is 2.35 bits per heavy atom. The number of carbonyl (C=O) groups is 1. The van der Waals surface area contributed by atoms with Crippen LogP contribution in [0, 0.1) is 10.8 Å². The molecule has 0 unspecified atom stereocenters. The molecular formula is C18H34N4O. The first-order valence-electron chi connectivity index (χ1n) is 9.05. The molecule has 1 heterocycles. The molecule has 1 aliphatic heterocycles. The van der Waals surface area contributed by atoms with E-state index in [-0.39, 0.29) is 11.3 Å². The van der Waals surface area contributed by atoms with Gasteiger partial charge in [0.05, 0.1) is 12.0 Å². The van der Waals surface area contributed by atoms with E-state index in [0.29, 0.717) is 12.0 Å². The molecular weight excluding hydrogens is 288 g/mol. The smallest absolute Gasteiger partial charge is 0.230 e. The van der Waals surface area contributed by atoms with Crippen LogP contribution in [0.3, 0.4) is 0 Å². The van der Waals surface area contributed by atoms with Crippen molar-refractivity contribution < 1.29 is 4.79 Å². The number of hydrogen-bond donors (Lipinski definition) is 1. The molecule has 1 saturated carbocycles. The van der Waals surface area contributed by atoms with Crippen LogP contribution in [0.1, 0.15) is 52.9 Å². The topological polar surface area (TPSA) is 47.9 Å². The molecule has 0 aromatic heterocycles. The van der Waals surface area contributed by atoms with Crippen molar-refractivity contribution in [3.05, 3.63) is 0 Å². The number of aliphatic imine (C=N–C) groups is 1. The number of amides is 1. The van der Waals surface area contributed by atoms with Crippen LogP contribution >= 0.6 is 0 Å². The minimum Gasteiger partial charge on any atom is -0.357 e. The Morgan fingerprint density at radius 2 is 1.87 bits per heavy atom. The van der Waals surface area contributed by atoms with Gasteiger partial charge in [0, 0.05) is 33.7 Å². The number of nitrogens with one attached hydrogen (secondary N) is 1. The molecule has 23 heavy (non-hydrogen) atoms. The minimum atomic E-state index is -0.278. The molecule has 5 heteroatoms. The fraction of sp³-hybridized carbons (Fsp3) is 0.889. The highest BCUT2D eigenvalue weighted by molar-refractivity contribution is 5.84. The molecule has 0 aromatic carbocycles. The summed E-state index contributed by atoms with van der Waals surface area (Å²) in [4.78, 5) is 21.7. The maximum atomic E-state index is 12.7. The van der Waals surface area contributed by atoms with Gasteiger partial charge in [0.15, 0.2) is 5.96 Å². The first-order valence-corrected chi connectivity index (χ1v) is 9.05. The lowest BCUT2D eigenvalue weighted by atomic mass is 9.85. The van der Waals surface area contributed by atoms with E-state index in [0.717, 1.165) is 51.3 Å². The van der Waals surface area contributed by atoms with Crippen LogP contribution in [0.25, 0.3) is 0 Å². The summed E-state index contributed by atoms with van der Waals surface area (Å²) in [7, 11) is 3.72. The van der Waals surface area contributed by atoms with E-state index in [1.165, 1.54) is 6.42 Å². The van der Waals surface area contributed by atoms with Gasteiger partial charge in [-0.05, 0) is 31.6 Å². The van der Waals surface area contributed by atoms with Crippen molar-refractivity contribution in [3.8, 4) is 0 Å². The van der Waals surface area contributed by atoms with Crippen LogP contribution in [-0.4, -0.2) is 61.9 Å². The average molecular weight is 322 g/mol. The van der Waals surface area contributed by atoms with Gasteiger partial charge in [-0.2, -0.15) is 0 Å². The molecule has 1 N–H and O–H groups in total. The second-order valence-electron chi connectivity index (χ2n) is 8.19. The summed E-state index contributed by atoms with van der Waals surface area (Å²) in [5.41, 5.74) is 0.0695. The zero-order chi connectivity index (χ0) is 17.1. The summed E-state index contributed by atoms with van der Waals surface area (Å²) in [6, 6.07) is 0. The normalized spacial score (nSPS) is 23.2. The van der Waals surface area contributed by atoms with E-state index in [4.69, 9.17) is 4.99 Å². The van der Waals surface area contributed by atoms with Crippen molar-refractivity contribution in [1.82, 2.24) is 15.1 Å². The van der Waals surface area contributed by atoms with Gasteiger partial charge in [0.1, 0.15) is 0 Å². The van der Waals surface area contributed by atoms with Crippen LogP contribution in [0.15, 0.2) is 4.99 Å². The predicted molar refractivity (Wildman–Crippen MR) is 95.5 cm³/mol. The van der Waals surface area contributed by atoms with Gasteiger partial charge >= 0.3 is 0 Å². The second-order valence-corrected chi connectivity index (χ2v) is 8.19. The summed E-state index contributed by atoms with van der Waals surface area (Å²) < 4.78 is 0.